The molecular formula is C15H17ClN2O2. The smallest absolute Gasteiger partial charge is 0.132 e. The van der Waals surface area contributed by atoms with Crippen molar-refractivity contribution in [1.82, 2.24) is 4.98 Å². The lowest BCUT2D eigenvalue weighted by molar-refractivity contribution is 0.301. The lowest BCUT2D eigenvalue weighted by atomic mass is 10.3. The van der Waals surface area contributed by atoms with Crippen molar-refractivity contribution in [2.75, 3.05) is 19.0 Å². The van der Waals surface area contributed by atoms with Gasteiger partial charge in [-0.15, -0.1) is 0 Å². The Balaban J connectivity index is 2.03. The molecule has 1 aromatic heterocycles. The van der Waals surface area contributed by atoms with E-state index in [1.54, 1.807) is 7.11 Å². The Kier molecular flexibility index (Phi) is 5.07. The van der Waals surface area contributed by atoms with E-state index in [1.165, 1.54) is 0 Å². The summed E-state index contributed by atoms with van der Waals surface area (Å²) in [5.41, 5.74) is 0.709. The zero-order chi connectivity index (χ0) is 14.4. The number of pyridine rings is 1. The van der Waals surface area contributed by atoms with Crippen LogP contribution in [0.2, 0.25) is 5.02 Å². The maximum Gasteiger partial charge on any atom is 0.132 e. The van der Waals surface area contributed by atoms with Gasteiger partial charge < -0.3 is 14.8 Å². The van der Waals surface area contributed by atoms with Crippen molar-refractivity contribution in [3.63, 3.8) is 0 Å². The molecule has 0 aliphatic carbocycles. The standard InChI is InChI=1S/C15H17ClN2O2/c1-3-17-15-9-8-13(16)14(18-15)10-20-12-6-4-11(19-2)5-7-12/h4-9H,3,10H2,1-2H3,(H,17,18). The van der Waals surface area contributed by atoms with Crippen molar-refractivity contribution < 1.29 is 9.47 Å². The molecule has 2 aromatic rings. The lowest BCUT2D eigenvalue weighted by Gasteiger charge is -2.10. The molecule has 20 heavy (non-hydrogen) atoms. The highest BCUT2D eigenvalue weighted by Crippen LogP contribution is 2.21. The summed E-state index contributed by atoms with van der Waals surface area (Å²) in [6, 6.07) is 11.1. The minimum Gasteiger partial charge on any atom is -0.497 e. The van der Waals surface area contributed by atoms with E-state index in [1.807, 2.05) is 43.3 Å². The van der Waals surface area contributed by atoms with Gasteiger partial charge in [0.15, 0.2) is 0 Å². The molecule has 0 spiro atoms. The summed E-state index contributed by atoms with van der Waals surface area (Å²) in [6.45, 7) is 3.15. The van der Waals surface area contributed by atoms with Crippen LogP contribution in [-0.2, 0) is 6.61 Å². The Hall–Kier alpha value is -1.94. The van der Waals surface area contributed by atoms with Crippen LogP contribution in [0.1, 0.15) is 12.6 Å². The molecule has 0 unspecified atom stereocenters. The van der Waals surface area contributed by atoms with Crippen LogP contribution in [0.4, 0.5) is 5.82 Å². The van der Waals surface area contributed by atoms with Gasteiger partial charge in [-0.05, 0) is 43.3 Å². The topological polar surface area (TPSA) is 43.4 Å². The number of hydrogen-bond acceptors (Lipinski definition) is 4. The molecule has 0 bridgehead atoms. The van der Waals surface area contributed by atoms with Crippen LogP contribution in [-0.4, -0.2) is 18.6 Å². The molecule has 0 aliphatic heterocycles. The quantitative estimate of drug-likeness (QED) is 0.880. The van der Waals surface area contributed by atoms with Crippen LogP contribution < -0.4 is 14.8 Å². The molecule has 5 heteroatoms. The van der Waals surface area contributed by atoms with E-state index in [2.05, 4.69) is 10.3 Å². The Bertz CT molecular complexity index is 558. The van der Waals surface area contributed by atoms with Crippen LogP contribution in [0.25, 0.3) is 0 Å². The summed E-state index contributed by atoms with van der Waals surface area (Å²) in [7, 11) is 1.63. The predicted molar refractivity (Wildman–Crippen MR) is 80.7 cm³/mol. The van der Waals surface area contributed by atoms with E-state index in [9.17, 15) is 0 Å². The molecule has 0 amide bonds. The number of hydrogen-bond donors (Lipinski definition) is 1. The number of rotatable bonds is 6. The molecule has 4 nitrogen and oxygen atoms in total. The van der Waals surface area contributed by atoms with Gasteiger partial charge in [-0.25, -0.2) is 4.98 Å². The number of ether oxygens (including phenoxy) is 2. The average molecular weight is 293 g/mol. The van der Waals surface area contributed by atoms with Crippen molar-refractivity contribution in [1.29, 1.82) is 0 Å². The van der Waals surface area contributed by atoms with Crippen LogP contribution in [0, 0.1) is 0 Å². The van der Waals surface area contributed by atoms with Crippen LogP contribution in [0.3, 0.4) is 0 Å². The number of benzene rings is 1. The molecule has 1 aromatic carbocycles. The third kappa shape index (κ3) is 3.78. The monoisotopic (exact) mass is 292 g/mol. The summed E-state index contributed by atoms with van der Waals surface area (Å²) >= 11 is 6.12. The molecular weight excluding hydrogens is 276 g/mol. The van der Waals surface area contributed by atoms with E-state index in [-0.39, 0.29) is 0 Å². The molecule has 0 saturated heterocycles. The summed E-state index contributed by atoms with van der Waals surface area (Å²) < 4.78 is 10.8. The summed E-state index contributed by atoms with van der Waals surface area (Å²) in [5.74, 6) is 2.34. The molecule has 106 valence electrons. The average Bonchev–Trinajstić information content (AvgIpc) is 2.48. The fourth-order valence-electron chi connectivity index (χ4n) is 1.69. The minimum absolute atomic E-state index is 0.324. The van der Waals surface area contributed by atoms with Crippen molar-refractivity contribution >= 4 is 17.4 Å². The number of methoxy groups -OCH3 is 1. The van der Waals surface area contributed by atoms with Gasteiger partial charge in [-0.1, -0.05) is 11.6 Å². The summed E-state index contributed by atoms with van der Waals surface area (Å²) in [6.07, 6.45) is 0. The van der Waals surface area contributed by atoms with E-state index in [0.717, 1.165) is 23.9 Å². The van der Waals surface area contributed by atoms with Gasteiger partial charge in [0.1, 0.15) is 23.9 Å². The van der Waals surface area contributed by atoms with E-state index in [4.69, 9.17) is 21.1 Å². The molecule has 0 atom stereocenters. The highest BCUT2D eigenvalue weighted by atomic mass is 35.5. The second-order valence-corrected chi connectivity index (χ2v) is 4.53. The minimum atomic E-state index is 0.324. The zero-order valence-corrected chi connectivity index (χ0v) is 12.3. The molecule has 2 rings (SSSR count). The molecule has 1 N–H and O–H groups in total. The van der Waals surface area contributed by atoms with Crippen LogP contribution in [0.5, 0.6) is 11.5 Å². The third-order valence-electron chi connectivity index (χ3n) is 2.71. The largest absolute Gasteiger partial charge is 0.497 e. The Morgan fingerprint density at radius 1 is 1.10 bits per heavy atom. The molecule has 0 fully saturated rings. The second-order valence-electron chi connectivity index (χ2n) is 4.12. The predicted octanol–water partition coefficient (Wildman–Crippen LogP) is 3.75. The maximum atomic E-state index is 6.12. The third-order valence-corrected chi connectivity index (χ3v) is 3.06. The van der Waals surface area contributed by atoms with Crippen molar-refractivity contribution in [3.8, 4) is 11.5 Å². The summed E-state index contributed by atoms with van der Waals surface area (Å²) in [4.78, 5) is 4.42. The van der Waals surface area contributed by atoms with Crippen molar-refractivity contribution in [2.24, 2.45) is 0 Å². The van der Waals surface area contributed by atoms with Gasteiger partial charge in [-0.2, -0.15) is 0 Å². The number of aromatic nitrogens is 1. The van der Waals surface area contributed by atoms with Gasteiger partial charge >= 0.3 is 0 Å². The van der Waals surface area contributed by atoms with Gasteiger partial charge in [0.05, 0.1) is 17.8 Å². The Morgan fingerprint density at radius 2 is 1.80 bits per heavy atom. The number of halogens is 1. The van der Waals surface area contributed by atoms with E-state index in [0.29, 0.717) is 17.3 Å². The van der Waals surface area contributed by atoms with Gasteiger partial charge in [0, 0.05) is 6.54 Å². The van der Waals surface area contributed by atoms with Crippen LogP contribution >= 0.6 is 11.6 Å². The van der Waals surface area contributed by atoms with Crippen LogP contribution in [0.15, 0.2) is 36.4 Å². The van der Waals surface area contributed by atoms with E-state index < -0.39 is 0 Å². The fourth-order valence-corrected chi connectivity index (χ4v) is 1.85. The van der Waals surface area contributed by atoms with Gasteiger partial charge in [-0.3, -0.25) is 0 Å². The normalized spacial score (nSPS) is 10.2. The van der Waals surface area contributed by atoms with Gasteiger partial charge in [0.2, 0.25) is 0 Å². The first-order chi connectivity index (χ1) is 9.72. The molecule has 0 radical (unpaired) electrons. The maximum absolute atomic E-state index is 6.12. The van der Waals surface area contributed by atoms with Crippen molar-refractivity contribution in [2.45, 2.75) is 13.5 Å². The Labute approximate surface area is 123 Å². The Morgan fingerprint density at radius 3 is 2.45 bits per heavy atom. The molecule has 0 aliphatic rings. The molecule has 0 saturated carbocycles. The SMILES string of the molecule is CCNc1ccc(Cl)c(COc2ccc(OC)cc2)n1. The molecule has 1 heterocycles. The second kappa shape index (κ2) is 7.01. The van der Waals surface area contributed by atoms with Gasteiger partial charge in [0.25, 0.3) is 0 Å². The van der Waals surface area contributed by atoms with Crippen molar-refractivity contribution in [3.05, 3.63) is 47.1 Å². The zero-order valence-electron chi connectivity index (χ0n) is 11.5. The number of anilines is 1. The highest BCUT2D eigenvalue weighted by Gasteiger charge is 2.05. The highest BCUT2D eigenvalue weighted by molar-refractivity contribution is 6.31. The summed E-state index contributed by atoms with van der Waals surface area (Å²) in [5, 5.41) is 3.74. The lowest BCUT2D eigenvalue weighted by Crippen LogP contribution is -2.04. The fraction of sp³-hybridized carbons (Fsp3) is 0.267. The first kappa shape index (κ1) is 14.5. The first-order valence-electron chi connectivity index (χ1n) is 6.39. The number of nitrogens with one attached hydrogen (secondary N) is 1. The van der Waals surface area contributed by atoms with E-state index >= 15 is 0 Å². The first-order valence-corrected chi connectivity index (χ1v) is 6.77. The number of nitrogens with zero attached hydrogens (tertiary/aromatic N) is 1.